The Hall–Kier alpha value is -0.570. The monoisotopic (exact) mass is 238 g/mol. The van der Waals surface area contributed by atoms with Crippen LogP contribution >= 0.6 is 0 Å². The van der Waals surface area contributed by atoms with E-state index in [1.165, 1.54) is 32.1 Å². The van der Waals surface area contributed by atoms with Gasteiger partial charge in [0.15, 0.2) is 0 Å². The maximum atomic E-state index is 12.1. The van der Waals surface area contributed by atoms with Crippen molar-refractivity contribution in [1.82, 2.24) is 4.90 Å². The van der Waals surface area contributed by atoms with Gasteiger partial charge in [-0.05, 0) is 37.5 Å². The van der Waals surface area contributed by atoms with Gasteiger partial charge in [-0.15, -0.1) is 0 Å². The summed E-state index contributed by atoms with van der Waals surface area (Å²) in [7, 11) is 1.96. The second-order valence-corrected chi connectivity index (χ2v) is 5.98. The van der Waals surface area contributed by atoms with E-state index in [1.807, 2.05) is 11.9 Å². The van der Waals surface area contributed by atoms with E-state index in [4.69, 9.17) is 5.73 Å². The number of carbonyl (C=O) groups is 1. The molecule has 98 valence electrons. The van der Waals surface area contributed by atoms with Gasteiger partial charge in [0.2, 0.25) is 5.91 Å². The second kappa shape index (κ2) is 5.85. The van der Waals surface area contributed by atoms with Crippen LogP contribution in [0.5, 0.6) is 0 Å². The van der Waals surface area contributed by atoms with Crippen LogP contribution < -0.4 is 5.73 Å². The third kappa shape index (κ3) is 3.44. The molecule has 0 bridgehead atoms. The van der Waals surface area contributed by atoms with Crippen molar-refractivity contribution in [2.75, 3.05) is 13.6 Å². The lowest BCUT2D eigenvalue weighted by molar-refractivity contribution is -0.131. The Kier molecular flexibility index (Phi) is 4.43. The summed E-state index contributed by atoms with van der Waals surface area (Å²) in [4.78, 5) is 14.0. The molecular formula is C14H26N2O. The Balaban J connectivity index is 1.74. The predicted octanol–water partition coefficient (Wildman–Crippen LogP) is 2.15. The molecule has 3 heteroatoms. The number of nitrogens with zero attached hydrogens (tertiary/aromatic N) is 1. The first-order chi connectivity index (χ1) is 8.16. The first-order valence-electron chi connectivity index (χ1n) is 7.16. The summed E-state index contributed by atoms with van der Waals surface area (Å²) < 4.78 is 0. The highest BCUT2D eigenvalue weighted by Gasteiger charge is 2.28. The van der Waals surface area contributed by atoms with Gasteiger partial charge in [-0.25, -0.2) is 0 Å². The van der Waals surface area contributed by atoms with E-state index < -0.39 is 0 Å². The molecule has 2 atom stereocenters. The molecular weight excluding hydrogens is 212 g/mol. The van der Waals surface area contributed by atoms with E-state index in [0.29, 0.717) is 18.2 Å². The van der Waals surface area contributed by atoms with Gasteiger partial charge in [-0.1, -0.05) is 19.3 Å². The summed E-state index contributed by atoms with van der Waals surface area (Å²) >= 11 is 0. The fourth-order valence-electron chi connectivity index (χ4n) is 3.38. The van der Waals surface area contributed by atoms with E-state index in [2.05, 4.69) is 0 Å². The molecule has 0 aromatic rings. The number of carbonyl (C=O) groups excluding carboxylic acids is 1. The fourth-order valence-corrected chi connectivity index (χ4v) is 3.38. The summed E-state index contributed by atoms with van der Waals surface area (Å²) in [6, 6.07) is 0.263. The molecule has 2 aliphatic rings. The molecule has 0 spiro atoms. The zero-order chi connectivity index (χ0) is 12.3. The highest BCUT2D eigenvalue weighted by Crippen LogP contribution is 2.28. The van der Waals surface area contributed by atoms with Crippen molar-refractivity contribution in [2.24, 2.45) is 17.6 Å². The van der Waals surface area contributed by atoms with Gasteiger partial charge in [0, 0.05) is 26.1 Å². The zero-order valence-corrected chi connectivity index (χ0v) is 11.0. The number of hydrogen-bond donors (Lipinski definition) is 1. The average Bonchev–Trinajstić information content (AvgIpc) is 2.91. The highest BCUT2D eigenvalue weighted by molar-refractivity contribution is 5.76. The van der Waals surface area contributed by atoms with Gasteiger partial charge >= 0.3 is 0 Å². The molecule has 0 saturated heterocycles. The van der Waals surface area contributed by atoms with Crippen LogP contribution in [0.15, 0.2) is 0 Å². The fraction of sp³-hybridized carbons (Fsp3) is 0.929. The smallest absolute Gasteiger partial charge is 0.222 e. The maximum Gasteiger partial charge on any atom is 0.222 e. The van der Waals surface area contributed by atoms with Gasteiger partial charge in [0.25, 0.3) is 0 Å². The average molecular weight is 238 g/mol. The third-order valence-corrected chi connectivity index (χ3v) is 4.59. The predicted molar refractivity (Wildman–Crippen MR) is 69.5 cm³/mol. The number of nitrogens with two attached hydrogens (primary N) is 1. The number of hydrogen-bond acceptors (Lipinski definition) is 2. The molecule has 0 radical (unpaired) electrons. The summed E-state index contributed by atoms with van der Waals surface area (Å²) in [6.07, 6.45) is 9.42. The van der Waals surface area contributed by atoms with Crippen LogP contribution in [0, 0.1) is 11.8 Å². The van der Waals surface area contributed by atoms with E-state index in [-0.39, 0.29) is 6.04 Å². The molecule has 0 aliphatic heterocycles. The molecule has 0 aromatic carbocycles. The Morgan fingerprint density at radius 2 is 1.88 bits per heavy atom. The molecule has 2 aliphatic carbocycles. The summed E-state index contributed by atoms with van der Waals surface area (Å²) in [5, 5.41) is 0. The molecule has 2 N–H and O–H groups in total. The Labute approximate surface area is 105 Å². The van der Waals surface area contributed by atoms with E-state index in [0.717, 1.165) is 25.3 Å². The van der Waals surface area contributed by atoms with Crippen LogP contribution in [0.1, 0.15) is 51.4 Å². The van der Waals surface area contributed by atoms with E-state index in [1.54, 1.807) is 0 Å². The van der Waals surface area contributed by atoms with Crippen molar-refractivity contribution in [3.8, 4) is 0 Å². The lowest BCUT2D eigenvalue weighted by Gasteiger charge is -2.23. The first kappa shape index (κ1) is 12.9. The minimum absolute atomic E-state index is 0.263. The molecule has 17 heavy (non-hydrogen) atoms. The third-order valence-electron chi connectivity index (χ3n) is 4.59. The van der Waals surface area contributed by atoms with Gasteiger partial charge in [-0.2, -0.15) is 0 Å². The first-order valence-corrected chi connectivity index (χ1v) is 7.16. The van der Waals surface area contributed by atoms with Gasteiger partial charge in [0.05, 0.1) is 0 Å². The van der Waals surface area contributed by atoms with Gasteiger partial charge in [0.1, 0.15) is 0 Å². The van der Waals surface area contributed by atoms with Crippen molar-refractivity contribution in [2.45, 2.75) is 57.4 Å². The minimum Gasteiger partial charge on any atom is -0.345 e. The Morgan fingerprint density at radius 1 is 1.18 bits per heavy atom. The molecule has 0 heterocycles. The summed E-state index contributed by atoms with van der Waals surface area (Å²) in [5.41, 5.74) is 6.02. The molecule has 1 amide bonds. The Bertz CT molecular complexity index is 261. The molecule has 2 rings (SSSR count). The topological polar surface area (TPSA) is 46.3 Å². The number of rotatable bonds is 4. The zero-order valence-electron chi connectivity index (χ0n) is 11.0. The quantitative estimate of drug-likeness (QED) is 0.815. The lowest BCUT2D eigenvalue weighted by Crippen LogP contribution is -2.35. The largest absolute Gasteiger partial charge is 0.345 e. The van der Waals surface area contributed by atoms with Crippen LogP contribution in [-0.4, -0.2) is 30.4 Å². The molecule has 0 unspecified atom stereocenters. The van der Waals surface area contributed by atoms with Crippen molar-refractivity contribution < 1.29 is 4.79 Å². The summed E-state index contributed by atoms with van der Waals surface area (Å²) in [6.45, 7) is 0.959. The highest BCUT2D eigenvalue weighted by atomic mass is 16.2. The molecule has 2 fully saturated rings. The van der Waals surface area contributed by atoms with Crippen LogP contribution in [0.25, 0.3) is 0 Å². The van der Waals surface area contributed by atoms with Crippen LogP contribution in [0.3, 0.4) is 0 Å². The molecule has 0 aromatic heterocycles. The lowest BCUT2D eigenvalue weighted by atomic mass is 9.99. The van der Waals surface area contributed by atoms with Crippen molar-refractivity contribution in [3.05, 3.63) is 0 Å². The van der Waals surface area contributed by atoms with Crippen molar-refractivity contribution in [1.29, 1.82) is 0 Å². The number of amides is 1. The van der Waals surface area contributed by atoms with Crippen LogP contribution in [-0.2, 0) is 4.79 Å². The van der Waals surface area contributed by atoms with Crippen LogP contribution in [0.2, 0.25) is 0 Å². The SMILES string of the molecule is CN(CC1CCCC1)C(=O)C[C@@H]1CCC[C@H]1N. The van der Waals surface area contributed by atoms with Crippen LogP contribution in [0.4, 0.5) is 0 Å². The minimum atomic E-state index is 0.263. The van der Waals surface area contributed by atoms with E-state index >= 15 is 0 Å². The van der Waals surface area contributed by atoms with Crippen molar-refractivity contribution in [3.63, 3.8) is 0 Å². The maximum absolute atomic E-state index is 12.1. The normalized spacial score (nSPS) is 29.8. The second-order valence-electron chi connectivity index (χ2n) is 5.98. The Morgan fingerprint density at radius 3 is 2.47 bits per heavy atom. The van der Waals surface area contributed by atoms with Gasteiger partial charge < -0.3 is 10.6 Å². The van der Waals surface area contributed by atoms with E-state index in [9.17, 15) is 4.79 Å². The summed E-state index contributed by atoms with van der Waals surface area (Å²) in [5.74, 6) is 1.49. The standard InChI is InChI=1S/C14H26N2O/c1-16(10-11-5-2-3-6-11)14(17)9-12-7-4-8-13(12)15/h11-13H,2-10,15H2,1H3/t12-,13+/m0/s1. The molecule has 2 saturated carbocycles. The van der Waals surface area contributed by atoms with Gasteiger partial charge in [-0.3, -0.25) is 4.79 Å². The molecule has 3 nitrogen and oxygen atoms in total. The van der Waals surface area contributed by atoms with Crippen molar-refractivity contribution >= 4 is 5.91 Å².